The van der Waals surface area contributed by atoms with Crippen molar-refractivity contribution in [3.05, 3.63) is 132 Å². The molecule has 4 rings (SSSR count). The third kappa shape index (κ3) is 7.91. The molecule has 0 aliphatic carbocycles. The van der Waals surface area contributed by atoms with Crippen LogP contribution in [0.25, 0.3) is 0 Å². The second-order valence-corrected chi connectivity index (χ2v) is 9.64. The zero-order chi connectivity index (χ0) is 29.4. The summed E-state index contributed by atoms with van der Waals surface area (Å²) in [6.07, 6.45) is 10.7. The minimum atomic E-state index is -3.17. The van der Waals surface area contributed by atoms with Crippen LogP contribution in [0.5, 0.6) is 11.5 Å². The van der Waals surface area contributed by atoms with E-state index in [1.807, 2.05) is 49.2 Å². The molecule has 3 aromatic carbocycles. The number of allylic oxidation sites excluding steroid dienone is 5. The summed E-state index contributed by atoms with van der Waals surface area (Å²) in [5.41, 5.74) is 7.01. The Hall–Kier alpha value is -4.72. The van der Waals surface area contributed by atoms with Crippen LogP contribution in [0.15, 0.2) is 120 Å². The Morgan fingerprint density at radius 1 is 1.10 bits per heavy atom. The van der Waals surface area contributed by atoms with E-state index in [4.69, 9.17) is 4.74 Å². The first-order chi connectivity index (χ1) is 19.6. The van der Waals surface area contributed by atoms with E-state index in [2.05, 4.69) is 34.6 Å². The topological polar surface area (TPSA) is 48.9 Å². The van der Waals surface area contributed by atoms with E-state index in [0.717, 1.165) is 41.6 Å². The number of hydrogen-bond donors (Lipinski definition) is 2. The quantitative estimate of drug-likeness (QED) is 0.261. The van der Waals surface area contributed by atoms with E-state index < -0.39 is 11.7 Å². The van der Waals surface area contributed by atoms with Crippen LogP contribution in [-0.4, -0.2) is 13.3 Å². The van der Waals surface area contributed by atoms with Gasteiger partial charge in [-0.2, -0.15) is 5.10 Å². The molecule has 0 atom stereocenters. The van der Waals surface area contributed by atoms with Crippen molar-refractivity contribution in [2.45, 2.75) is 32.6 Å². The van der Waals surface area contributed by atoms with Crippen molar-refractivity contribution in [3.8, 4) is 11.5 Å². The molecule has 0 fully saturated rings. The zero-order valence-electron chi connectivity index (χ0n) is 23.3. The molecule has 1 heterocycles. The molecule has 0 saturated carbocycles. The Morgan fingerprint density at radius 2 is 1.83 bits per heavy atom. The fourth-order valence-electron chi connectivity index (χ4n) is 4.22. The van der Waals surface area contributed by atoms with Crippen molar-refractivity contribution in [3.63, 3.8) is 0 Å². The van der Waals surface area contributed by atoms with Gasteiger partial charge in [0.15, 0.2) is 0 Å². The normalized spacial score (nSPS) is 16.5. The monoisotopic (exact) mass is 558 g/mol. The molecule has 8 heteroatoms. The van der Waals surface area contributed by atoms with Crippen LogP contribution in [0.4, 0.5) is 24.5 Å². The minimum Gasteiger partial charge on any atom is -0.457 e. The zero-order valence-corrected chi connectivity index (χ0v) is 23.3. The summed E-state index contributed by atoms with van der Waals surface area (Å²) in [5.74, 6) is -2.60. The van der Waals surface area contributed by atoms with E-state index in [1.54, 1.807) is 18.5 Å². The molecule has 0 radical (unpaired) electrons. The van der Waals surface area contributed by atoms with Gasteiger partial charge in [0.05, 0.1) is 5.56 Å². The smallest absolute Gasteiger partial charge is 0.274 e. The second-order valence-electron chi connectivity index (χ2n) is 9.64. The molecule has 0 aromatic heterocycles. The third-order valence-corrected chi connectivity index (χ3v) is 6.44. The Bertz CT molecular complexity index is 1480. The molecule has 5 nitrogen and oxygen atoms in total. The van der Waals surface area contributed by atoms with Gasteiger partial charge in [0.2, 0.25) is 0 Å². The molecular formula is C33H33F3N4O. The van der Waals surface area contributed by atoms with Crippen molar-refractivity contribution in [1.29, 1.82) is 0 Å². The Morgan fingerprint density at radius 3 is 2.51 bits per heavy atom. The highest BCUT2D eigenvalue weighted by atomic mass is 19.3. The van der Waals surface area contributed by atoms with E-state index >= 15 is 0 Å². The van der Waals surface area contributed by atoms with Crippen molar-refractivity contribution < 1.29 is 17.9 Å². The second kappa shape index (κ2) is 13.1. The van der Waals surface area contributed by atoms with Crippen molar-refractivity contribution in [1.82, 2.24) is 5.43 Å². The first-order valence-corrected chi connectivity index (χ1v) is 13.2. The number of nitrogens with zero attached hydrogens (tertiary/aromatic N) is 2. The van der Waals surface area contributed by atoms with Gasteiger partial charge < -0.3 is 15.0 Å². The van der Waals surface area contributed by atoms with E-state index in [1.165, 1.54) is 36.4 Å². The maximum absolute atomic E-state index is 14.6. The SMILES string of the molecule is C=C1/C=C\N/N=C\C=C/1Cc1ccc(N(C)C(=CCC)Nc2ccc(Oc3ccc(F)cc3)c(C(C)(F)F)c2)cc1. The largest absolute Gasteiger partial charge is 0.457 e. The summed E-state index contributed by atoms with van der Waals surface area (Å²) < 4.78 is 48.2. The standard InChI is InChI=1S/C33H33F3N4O/c1-5-6-32(40(4)28-12-7-24(8-13-28)21-25-18-20-38-37-19-17-23(25)2)39-27-11-16-31(30(22-27)33(3,35)36)41-29-14-9-26(34)10-15-29/h6-20,22,37,39H,2,5,21H2,1,3-4H3/b19-17-,25-18-,32-6?,38-20-. The van der Waals surface area contributed by atoms with Gasteiger partial charge in [-0.25, -0.2) is 13.2 Å². The van der Waals surface area contributed by atoms with Crippen molar-refractivity contribution in [2.75, 3.05) is 17.3 Å². The maximum atomic E-state index is 14.6. The molecular weight excluding hydrogens is 525 g/mol. The summed E-state index contributed by atoms with van der Waals surface area (Å²) in [4.78, 5) is 1.97. The molecule has 212 valence electrons. The van der Waals surface area contributed by atoms with Gasteiger partial charge in [-0.05, 0) is 102 Å². The summed E-state index contributed by atoms with van der Waals surface area (Å²) >= 11 is 0. The van der Waals surface area contributed by atoms with Crippen molar-refractivity contribution in [2.24, 2.45) is 5.10 Å². The number of ether oxygens (including phenoxy) is 1. The number of nitrogens with one attached hydrogen (secondary N) is 2. The van der Waals surface area contributed by atoms with Gasteiger partial charge in [-0.3, -0.25) is 5.43 Å². The van der Waals surface area contributed by atoms with E-state index in [-0.39, 0.29) is 17.1 Å². The summed E-state index contributed by atoms with van der Waals surface area (Å²) in [5, 5.41) is 7.34. The summed E-state index contributed by atoms with van der Waals surface area (Å²) in [6, 6.07) is 17.9. The van der Waals surface area contributed by atoms with Crippen LogP contribution < -0.4 is 20.4 Å². The Balaban J connectivity index is 1.52. The van der Waals surface area contributed by atoms with Gasteiger partial charge >= 0.3 is 0 Å². The molecule has 3 aromatic rings. The minimum absolute atomic E-state index is 0.000244. The van der Waals surface area contributed by atoms with Gasteiger partial charge in [0, 0.05) is 37.8 Å². The number of anilines is 2. The maximum Gasteiger partial charge on any atom is 0.274 e. The molecule has 0 amide bonds. The molecule has 0 saturated heterocycles. The lowest BCUT2D eigenvalue weighted by molar-refractivity contribution is 0.0156. The van der Waals surface area contributed by atoms with Gasteiger partial charge in [-0.1, -0.05) is 25.6 Å². The van der Waals surface area contributed by atoms with Crippen molar-refractivity contribution >= 4 is 17.6 Å². The molecule has 2 N–H and O–H groups in total. The number of alkyl halides is 2. The Kier molecular flexibility index (Phi) is 9.34. The van der Waals surface area contributed by atoms with Crippen LogP contribution in [0.1, 0.15) is 31.4 Å². The van der Waals surface area contributed by atoms with Crippen LogP contribution >= 0.6 is 0 Å². The van der Waals surface area contributed by atoms with Gasteiger partial charge in [0.25, 0.3) is 5.92 Å². The number of hydrazone groups is 1. The fourth-order valence-corrected chi connectivity index (χ4v) is 4.22. The van der Waals surface area contributed by atoms with E-state index in [0.29, 0.717) is 12.1 Å². The highest BCUT2D eigenvalue weighted by Crippen LogP contribution is 2.39. The van der Waals surface area contributed by atoms with E-state index in [9.17, 15) is 13.2 Å². The molecule has 0 unspecified atom stereocenters. The van der Waals surface area contributed by atoms with Gasteiger partial charge in [-0.15, -0.1) is 0 Å². The van der Waals surface area contributed by atoms with Crippen LogP contribution in [0, 0.1) is 5.82 Å². The van der Waals surface area contributed by atoms with Crippen LogP contribution in [0.2, 0.25) is 0 Å². The average molecular weight is 559 g/mol. The first-order valence-electron chi connectivity index (χ1n) is 13.2. The number of halogens is 3. The third-order valence-electron chi connectivity index (χ3n) is 6.44. The fraction of sp³-hybridized carbons (Fsp3) is 0.182. The lowest BCUT2D eigenvalue weighted by atomic mass is 9.98. The van der Waals surface area contributed by atoms with Crippen LogP contribution in [-0.2, 0) is 12.3 Å². The molecule has 1 aliphatic heterocycles. The molecule has 41 heavy (non-hydrogen) atoms. The van der Waals surface area contributed by atoms with Crippen LogP contribution in [0.3, 0.4) is 0 Å². The molecule has 0 spiro atoms. The predicted molar refractivity (Wildman–Crippen MR) is 161 cm³/mol. The predicted octanol–water partition coefficient (Wildman–Crippen LogP) is 8.66. The first kappa shape index (κ1) is 29.3. The highest BCUT2D eigenvalue weighted by Gasteiger charge is 2.29. The summed E-state index contributed by atoms with van der Waals surface area (Å²) in [6.45, 7) is 6.95. The molecule has 1 aliphatic rings. The number of hydrogen-bond acceptors (Lipinski definition) is 5. The average Bonchev–Trinajstić information content (AvgIpc) is 2.94. The number of rotatable bonds is 10. The Labute approximate surface area is 239 Å². The molecule has 0 bridgehead atoms. The lowest BCUT2D eigenvalue weighted by Gasteiger charge is -2.25. The highest BCUT2D eigenvalue weighted by molar-refractivity contribution is 5.74. The number of benzene rings is 3. The van der Waals surface area contributed by atoms with Gasteiger partial charge in [0.1, 0.15) is 23.1 Å². The summed E-state index contributed by atoms with van der Waals surface area (Å²) in [7, 11) is 1.91. The lowest BCUT2D eigenvalue weighted by Crippen LogP contribution is -2.22.